The number of carbonyl (C=O) groups excluding carboxylic acids is 1. The normalized spacial score (nSPS) is 10.8. The molecule has 0 bridgehead atoms. The minimum Gasteiger partial charge on any atom is -0.507 e. The highest BCUT2D eigenvalue weighted by atomic mass is 127. The Bertz CT molecular complexity index is 697. The minimum atomic E-state index is -0.347. The average molecular weight is 395 g/mol. The molecule has 0 atom stereocenters. The van der Waals surface area contributed by atoms with Crippen molar-refractivity contribution in [3.63, 3.8) is 0 Å². The summed E-state index contributed by atoms with van der Waals surface area (Å²) in [5.74, 6) is -0.189. The van der Waals surface area contributed by atoms with Gasteiger partial charge in [0.15, 0.2) is 0 Å². The number of rotatable bonds is 3. The molecule has 5 nitrogen and oxygen atoms in total. The number of hydrogen-bond acceptors (Lipinski definition) is 4. The Balaban J connectivity index is 2.09. The SMILES string of the molecule is Cc1ccc(C(=O)N/N=C/c2cc(I)cc(C)c2O)cn1. The number of hydrogen-bond donors (Lipinski definition) is 2. The first-order valence-electron chi connectivity index (χ1n) is 6.22. The van der Waals surface area contributed by atoms with Gasteiger partial charge in [-0.1, -0.05) is 0 Å². The van der Waals surface area contributed by atoms with Crippen molar-refractivity contribution in [2.75, 3.05) is 0 Å². The molecule has 0 fully saturated rings. The van der Waals surface area contributed by atoms with Crippen molar-refractivity contribution in [2.24, 2.45) is 5.10 Å². The maximum atomic E-state index is 11.8. The third-order valence-corrected chi connectivity index (χ3v) is 3.46. The Morgan fingerprint density at radius 3 is 2.81 bits per heavy atom. The summed E-state index contributed by atoms with van der Waals surface area (Å²) in [6.45, 7) is 3.66. The van der Waals surface area contributed by atoms with Crippen LogP contribution in [0.25, 0.3) is 0 Å². The first-order chi connectivity index (χ1) is 9.97. The maximum Gasteiger partial charge on any atom is 0.272 e. The largest absolute Gasteiger partial charge is 0.507 e. The van der Waals surface area contributed by atoms with E-state index in [1.54, 1.807) is 18.2 Å². The van der Waals surface area contributed by atoms with Crippen LogP contribution in [0.2, 0.25) is 0 Å². The van der Waals surface area contributed by atoms with Crippen LogP contribution in [0.4, 0.5) is 0 Å². The lowest BCUT2D eigenvalue weighted by Gasteiger charge is -2.04. The summed E-state index contributed by atoms with van der Waals surface area (Å²) in [7, 11) is 0. The molecule has 0 radical (unpaired) electrons. The van der Waals surface area contributed by atoms with Gasteiger partial charge in [-0.25, -0.2) is 5.43 Å². The third kappa shape index (κ3) is 4.01. The van der Waals surface area contributed by atoms with E-state index < -0.39 is 0 Å². The lowest BCUT2D eigenvalue weighted by Crippen LogP contribution is -2.17. The van der Waals surface area contributed by atoms with Crippen molar-refractivity contribution in [3.8, 4) is 5.75 Å². The van der Waals surface area contributed by atoms with Gasteiger partial charge in [-0.05, 0) is 66.3 Å². The highest BCUT2D eigenvalue weighted by Gasteiger charge is 2.06. The number of phenols is 1. The highest BCUT2D eigenvalue weighted by molar-refractivity contribution is 14.1. The monoisotopic (exact) mass is 395 g/mol. The Morgan fingerprint density at radius 2 is 2.14 bits per heavy atom. The Labute approximate surface area is 136 Å². The molecule has 0 saturated heterocycles. The number of amides is 1. The smallest absolute Gasteiger partial charge is 0.272 e. The standard InChI is InChI=1S/C15H14IN3O2/c1-9-5-13(16)6-12(14(9)20)8-18-19-15(21)11-4-3-10(2)17-7-11/h3-8,20H,1-2H3,(H,19,21)/b18-8+. The molecule has 21 heavy (non-hydrogen) atoms. The van der Waals surface area contributed by atoms with E-state index in [9.17, 15) is 9.90 Å². The highest BCUT2D eigenvalue weighted by Crippen LogP contribution is 2.23. The second kappa shape index (κ2) is 6.66. The average Bonchev–Trinajstić information content (AvgIpc) is 2.44. The first kappa shape index (κ1) is 15.4. The van der Waals surface area contributed by atoms with Gasteiger partial charge in [0.2, 0.25) is 0 Å². The van der Waals surface area contributed by atoms with Gasteiger partial charge in [0, 0.05) is 21.0 Å². The van der Waals surface area contributed by atoms with Crippen molar-refractivity contribution < 1.29 is 9.90 Å². The zero-order valence-electron chi connectivity index (χ0n) is 11.6. The zero-order chi connectivity index (χ0) is 15.4. The summed E-state index contributed by atoms with van der Waals surface area (Å²) in [6.07, 6.45) is 2.91. The van der Waals surface area contributed by atoms with Crippen molar-refractivity contribution in [3.05, 3.63) is 56.4 Å². The van der Waals surface area contributed by atoms with Crippen molar-refractivity contribution in [2.45, 2.75) is 13.8 Å². The van der Waals surface area contributed by atoms with Crippen LogP contribution in [0, 0.1) is 17.4 Å². The van der Waals surface area contributed by atoms with E-state index in [4.69, 9.17) is 0 Å². The Morgan fingerprint density at radius 1 is 1.38 bits per heavy atom. The van der Waals surface area contributed by atoms with Gasteiger partial charge in [-0.2, -0.15) is 5.10 Å². The Kier molecular flexibility index (Phi) is 4.89. The number of carbonyl (C=O) groups is 1. The summed E-state index contributed by atoms with van der Waals surface area (Å²) >= 11 is 2.16. The third-order valence-electron chi connectivity index (χ3n) is 2.84. The minimum absolute atomic E-state index is 0.158. The molecule has 0 saturated carbocycles. The molecular formula is C15H14IN3O2. The number of benzene rings is 1. The van der Waals surface area contributed by atoms with Gasteiger partial charge in [-0.3, -0.25) is 9.78 Å². The topological polar surface area (TPSA) is 74.6 Å². The van der Waals surface area contributed by atoms with Gasteiger partial charge in [0.05, 0.1) is 11.8 Å². The van der Waals surface area contributed by atoms with Gasteiger partial charge >= 0.3 is 0 Å². The van der Waals surface area contributed by atoms with Gasteiger partial charge < -0.3 is 5.11 Å². The van der Waals surface area contributed by atoms with Crippen molar-refractivity contribution >= 4 is 34.7 Å². The lowest BCUT2D eigenvalue weighted by molar-refractivity contribution is 0.0954. The molecule has 0 aliphatic carbocycles. The number of pyridine rings is 1. The molecule has 1 aromatic heterocycles. The molecule has 1 amide bonds. The van der Waals surface area contributed by atoms with Crippen LogP contribution in [0.3, 0.4) is 0 Å². The van der Waals surface area contributed by atoms with E-state index in [-0.39, 0.29) is 11.7 Å². The predicted octanol–water partition coefficient (Wildman–Crippen LogP) is 2.77. The van der Waals surface area contributed by atoms with Crippen LogP contribution >= 0.6 is 22.6 Å². The van der Waals surface area contributed by atoms with E-state index in [1.165, 1.54) is 12.4 Å². The molecule has 0 spiro atoms. The molecule has 6 heteroatoms. The zero-order valence-corrected chi connectivity index (χ0v) is 13.7. The molecule has 0 aliphatic rings. The number of nitrogens with zero attached hydrogens (tertiary/aromatic N) is 2. The van der Waals surface area contributed by atoms with Gasteiger partial charge in [-0.15, -0.1) is 0 Å². The first-order valence-corrected chi connectivity index (χ1v) is 7.30. The molecule has 0 aliphatic heterocycles. The number of aromatic nitrogens is 1. The van der Waals surface area contributed by atoms with Crippen LogP contribution in [-0.4, -0.2) is 22.2 Å². The number of nitrogens with one attached hydrogen (secondary N) is 1. The van der Waals surface area contributed by atoms with Gasteiger partial charge in [0.25, 0.3) is 5.91 Å². The summed E-state index contributed by atoms with van der Waals surface area (Å²) in [6, 6.07) is 7.09. The second-order valence-corrected chi connectivity index (χ2v) is 5.79. The van der Waals surface area contributed by atoms with E-state index in [1.807, 2.05) is 19.9 Å². The maximum absolute atomic E-state index is 11.8. The molecule has 108 valence electrons. The lowest BCUT2D eigenvalue weighted by atomic mass is 10.1. The molecule has 2 rings (SSSR count). The second-order valence-electron chi connectivity index (χ2n) is 4.55. The predicted molar refractivity (Wildman–Crippen MR) is 89.6 cm³/mol. The molecule has 0 unspecified atom stereocenters. The van der Waals surface area contributed by atoms with E-state index in [0.717, 1.165) is 14.8 Å². The molecule has 2 aromatic rings. The number of phenolic OH excluding ortho intramolecular Hbond substituents is 1. The van der Waals surface area contributed by atoms with Crippen molar-refractivity contribution in [1.29, 1.82) is 0 Å². The van der Waals surface area contributed by atoms with Gasteiger partial charge in [0.1, 0.15) is 5.75 Å². The number of hydrazone groups is 1. The quantitative estimate of drug-likeness (QED) is 0.477. The number of aromatic hydroxyl groups is 1. The fourth-order valence-electron chi connectivity index (χ4n) is 1.69. The summed E-state index contributed by atoms with van der Waals surface area (Å²) in [4.78, 5) is 15.9. The number of aryl methyl sites for hydroxylation is 2. The van der Waals surface area contributed by atoms with Crippen LogP contribution in [0.1, 0.15) is 27.2 Å². The van der Waals surface area contributed by atoms with E-state index >= 15 is 0 Å². The number of halogens is 1. The molecule has 1 heterocycles. The summed E-state index contributed by atoms with van der Waals surface area (Å²) in [5, 5.41) is 13.8. The molecular weight excluding hydrogens is 381 g/mol. The fourth-order valence-corrected chi connectivity index (χ4v) is 2.49. The van der Waals surface area contributed by atoms with E-state index in [2.05, 4.69) is 38.1 Å². The fraction of sp³-hybridized carbons (Fsp3) is 0.133. The molecule has 2 N–H and O–H groups in total. The van der Waals surface area contributed by atoms with Crippen LogP contribution in [0.15, 0.2) is 35.6 Å². The van der Waals surface area contributed by atoms with Crippen LogP contribution in [-0.2, 0) is 0 Å². The van der Waals surface area contributed by atoms with Crippen molar-refractivity contribution in [1.82, 2.24) is 10.4 Å². The van der Waals surface area contributed by atoms with E-state index in [0.29, 0.717) is 11.1 Å². The van der Waals surface area contributed by atoms with Crippen LogP contribution in [0.5, 0.6) is 5.75 Å². The Hall–Kier alpha value is -1.96. The molecule has 1 aromatic carbocycles. The van der Waals surface area contributed by atoms with Crippen LogP contribution < -0.4 is 5.43 Å². The summed E-state index contributed by atoms with van der Waals surface area (Å²) < 4.78 is 0.985. The summed E-state index contributed by atoms with van der Waals surface area (Å²) in [5.41, 5.74) is 5.00.